The molecule has 2 heterocycles. The molecule has 1 fully saturated rings. The highest BCUT2D eigenvalue weighted by Crippen LogP contribution is 2.26. The lowest BCUT2D eigenvalue weighted by atomic mass is 10.1. The Balaban J connectivity index is 1.60. The van der Waals surface area contributed by atoms with E-state index in [0.29, 0.717) is 23.1 Å². The van der Waals surface area contributed by atoms with E-state index < -0.39 is 27.4 Å². The lowest BCUT2D eigenvalue weighted by molar-refractivity contribution is -0.119. The summed E-state index contributed by atoms with van der Waals surface area (Å²) in [5.74, 6) is -2.05. The number of aromatic amines is 1. The van der Waals surface area contributed by atoms with Crippen LogP contribution in [0.25, 0.3) is 22.4 Å². The van der Waals surface area contributed by atoms with Crippen molar-refractivity contribution in [3.8, 4) is 11.4 Å². The topological polar surface area (TPSA) is 91.9 Å². The first-order valence-corrected chi connectivity index (χ1v) is 10.1. The lowest BCUT2D eigenvalue weighted by Gasteiger charge is -2.09. The number of benzene rings is 2. The van der Waals surface area contributed by atoms with E-state index in [1.54, 1.807) is 18.2 Å². The Morgan fingerprint density at radius 3 is 2.74 bits per heavy atom. The first kappa shape index (κ1) is 17.6. The van der Waals surface area contributed by atoms with Crippen LogP contribution in [0.4, 0.5) is 14.5 Å². The molecule has 4 rings (SSSR count). The fourth-order valence-electron chi connectivity index (χ4n) is 3.14. The monoisotopic (exact) mass is 391 g/mol. The van der Waals surface area contributed by atoms with Crippen molar-refractivity contribution in [3.63, 3.8) is 0 Å². The van der Waals surface area contributed by atoms with Crippen LogP contribution in [0.3, 0.4) is 0 Å². The molecule has 1 aliphatic heterocycles. The van der Waals surface area contributed by atoms with Gasteiger partial charge in [-0.3, -0.25) is 4.79 Å². The van der Waals surface area contributed by atoms with Crippen molar-refractivity contribution in [2.75, 3.05) is 16.8 Å². The first-order valence-electron chi connectivity index (χ1n) is 8.27. The van der Waals surface area contributed by atoms with Crippen LogP contribution in [0, 0.1) is 17.6 Å². The van der Waals surface area contributed by atoms with Gasteiger partial charge in [-0.25, -0.2) is 22.2 Å². The molecule has 0 saturated carbocycles. The number of hydrogen-bond donors (Lipinski definition) is 2. The van der Waals surface area contributed by atoms with Crippen LogP contribution in [0.1, 0.15) is 6.42 Å². The van der Waals surface area contributed by atoms with Gasteiger partial charge in [0.05, 0.1) is 34.0 Å². The number of aromatic nitrogens is 2. The number of H-pyrrole nitrogens is 1. The summed E-state index contributed by atoms with van der Waals surface area (Å²) < 4.78 is 50.4. The fraction of sp³-hybridized carbons (Fsp3) is 0.222. The van der Waals surface area contributed by atoms with E-state index >= 15 is 0 Å². The molecule has 140 valence electrons. The van der Waals surface area contributed by atoms with Gasteiger partial charge in [0.1, 0.15) is 17.5 Å². The zero-order chi connectivity index (χ0) is 19.2. The quantitative estimate of drug-likeness (QED) is 0.718. The van der Waals surface area contributed by atoms with Gasteiger partial charge in [-0.15, -0.1) is 0 Å². The van der Waals surface area contributed by atoms with Crippen molar-refractivity contribution < 1.29 is 22.0 Å². The van der Waals surface area contributed by atoms with E-state index in [1.165, 1.54) is 0 Å². The minimum absolute atomic E-state index is 0.00736. The smallest absolute Gasteiger partial charge is 0.228 e. The zero-order valence-electron chi connectivity index (χ0n) is 14.0. The number of amides is 1. The predicted molar refractivity (Wildman–Crippen MR) is 96.8 cm³/mol. The minimum atomic E-state index is -3.15. The van der Waals surface area contributed by atoms with Gasteiger partial charge < -0.3 is 10.3 Å². The van der Waals surface area contributed by atoms with Crippen LogP contribution < -0.4 is 5.32 Å². The number of hydrogen-bond acceptors (Lipinski definition) is 4. The van der Waals surface area contributed by atoms with E-state index in [4.69, 9.17) is 0 Å². The summed E-state index contributed by atoms with van der Waals surface area (Å²) in [6.07, 6.45) is 0.309. The van der Waals surface area contributed by atoms with E-state index in [9.17, 15) is 22.0 Å². The molecule has 1 aliphatic rings. The molecule has 0 bridgehead atoms. The van der Waals surface area contributed by atoms with Gasteiger partial charge in [-0.2, -0.15) is 0 Å². The summed E-state index contributed by atoms with van der Waals surface area (Å²) in [7, 11) is -3.15. The SMILES string of the molecule is O=C(Nc1ccc2nc(-c3cc(F)ccc3F)[nH]c2c1)C1CCS(=O)(=O)C1. The maximum absolute atomic E-state index is 13.9. The third-order valence-corrected chi connectivity index (χ3v) is 6.30. The number of rotatable bonds is 3. The molecular formula is C18H15F2N3O3S. The second-order valence-corrected chi connectivity index (χ2v) is 8.76. The van der Waals surface area contributed by atoms with Gasteiger partial charge in [0, 0.05) is 5.69 Å². The molecule has 3 aromatic rings. The number of carbonyl (C=O) groups is 1. The van der Waals surface area contributed by atoms with Crippen LogP contribution in [-0.2, 0) is 14.6 Å². The van der Waals surface area contributed by atoms with Gasteiger partial charge in [0.2, 0.25) is 5.91 Å². The van der Waals surface area contributed by atoms with Gasteiger partial charge >= 0.3 is 0 Å². The van der Waals surface area contributed by atoms with Crippen molar-refractivity contribution >= 4 is 32.5 Å². The van der Waals surface area contributed by atoms with Crippen molar-refractivity contribution in [2.24, 2.45) is 5.92 Å². The number of fused-ring (bicyclic) bond motifs is 1. The zero-order valence-corrected chi connectivity index (χ0v) is 14.8. The number of anilines is 1. The largest absolute Gasteiger partial charge is 0.338 e. The maximum Gasteiger partial charge on any atom is 0.228 e. The highest BCUT2D eigenvalue weighted by Gasteiger charge is 2.32. The van der Waals surface area contributed by atoms with Crippen LogP contribution in [0.5, 0.6) is 0 Å². The molecule has 2 aromatic carbocycles. The van der Waals surface area contributed by atoms with Crippen molar-refractivity contribution in [1.82, 2.24) is 9.97 Å². The molecule has 1 saturated heterocycles. The van der Waals surface area contributed by atoms with Crippen LogP contribution in [0.15, 0.2) is 36.4 Å². The van der Waals surface area contributed by atoms with Gasteiger partial charge in [0.25, 0.3) is 0 Å². The first-order chi connectivity index (χ1) is 12.8. The number of halogens is 2. The third kappa shape index (κ3) is 3.55. The number of sulfone groups is 1. The third-order valence-electron chi connectivity index (χ3n) is 4.54. The number of carbonyl (C=O) groups excluding carboxylic acids is 1. The summed E-state index contributed by atoms with van der Waals surface area (Å²) in [6, 6.07) is 7.97. The van der Waals surface area contributed by atoms with E-state index in [0.717, 1.165) is 18.2 Å². The predicted octanol–water partition coefficient (Wildman–Crippen LogP) is 2.88. The lowest BCUT2D eigenvalue weighted by Crippen LogP contribution is -2.23. The Bertz CT molecular complexity index is 1160. The Morgan fingerprint density at radius 1 is 1.19 bits per heavy atom. The van der Waals surface area contributed by atoms with Crippen LogP contribution in [-0.4, -0.2) is 35.8 Å². The molecule has 1 unspecified atom stereocenters. The Labute approximate surface area is 153 Å². The second-order valence-electron chi connectivity index (χ2n) is 6.53. The number of nitrogens with zero attached hydrogens (tertiary/aromatic N) is 1. The Hall–Kier alpha value is -2.81. The second kappa shape index (κ2) is 6.41. The molecule has 1 atom stereocenters. The average Bonchev–Trinajstić information content (AvgIpc) is 3.19. The fourth-order valence-corrected chi connectivity index (χ4v) is 4.88. The van der Waals surface area contributed by atoms with Crippen molar-refractivity contribution in [1.29, 1.82) is 0 Å². The van der Waals surface area contributed by atoms with Gasteiger partial charge in [0.15, 0.2) is 9.84 Å². The molecule has 2 N–H and O–H groups in total. The van der Waals surface area contributed by atoms with E-state index in [-0.39, 0.29) is 28.8 Å². The minimum Gasteiger partial charge on any atom is -0.338 e. The van der Waals surface area contributed by atoms with Crippen LogP contribution in [0.2, 0.25) is 0 Å². The molecule has 1 amide bonds. The molecule has 0 radical (unpaired) electrons. The molecule has 9 heteroatoms. The molecule has 0 aliphatic carbocycles. The van der Waals surface area contributed by atoms with Gasteiger partial charge in [-0.05, 0) is 42.8 Å². The molecular weight excluding hydrogens is 376 g/mol. The summed E-state index contributed by atoms with van der Waals surface area (Å²) in [5.41, 5.74) is 1.53. The summed E-state index contributed by atoms with van der Waals surface area (Å²) in [5, 5.41) is 2.70. The normalized spacial score (nSPS) is 18.7. The number of imidazole rings is 1. The molecule has 1 aromatic heterocycles. The summed E-state index contributed by atoms with van der Waals surface area (Å²) in [4.78, 5) is 19.4. The standard InChI is InChI=1S/C18H15F2N3O3S/c19-11-1-3-14(20)13(7-11)17-22-15-4-2-12(8-16(15)23-17)21-18(24)10-5-6-27(25,26)9-10/h1-4,7-8,10H,5-6,9H2,(H,21,24)(H,22,23). The van der Waals surface area contributed by atoms with Crippen molar-refractivity contribution in [3.05, 3.63) is 48.0 Å². The summed E-state index contributed by atoms with van der Waals surface area (Å²) in [6.45, 7) is 0. The maximum atomic E-state index is 13.9. The van der Waals surface area contributed by atoms with E-state index in [2.05, 4.69) is 15.3 Å². The Kier molecular flexibility index (Phi) is 4.18. The van der Waals surface area contributed by atoms with Gasteiger partial charge in [-0.1, -0.05) is 0 Å². The average molecular weight is 391 g/mol. The Morgan fingerprint density at radius 2 is 2.00 bits per heavy atom. The summed E-state index contributed by atoms with van der Waals surface area (Å²) >= 11 is 0. The molecule has 27 heavy (non-hydrogen) atoms. The van der Waals surface area contributed by atoms with Crippen molar-refractivity contribution in [2.45, 2.75) is 6.42 Å². The molecule has 0 spiro atoms. The molecule has 6 nitrogen and oxygen atoms in total. The highest BCUT2D eigenvalue weighted by molar-refractivity contribution is 7.91. The van der Waals surface area contributed by atoms with Crippen LogP contribution >= 0.6 is 0 Å². The van der Waals surface area contributed by atoms with E-state index in [1.807, 2.05) is 0 Å². The highest BCUT2D eigenvalue weighted by atomic mass is 32.2. The number of nitrogens with one attached hydrogen (secondary N) is 2.